The summed E-state index contributed by atoms with van der Waals surface area (Å²) >= 11 is 0. The molecule has 0 aliphatic carbocycles. The minimum absolute atomic E-state index is 0.0593. The van der Waals surface area contributed by atoms with Crippen LogP contribution in [0.4, 0.5) is 0 Å². The van der Waals surface area contributed by atoms with Crippen molar-refractivity contribution in [2.45, 2.75) is 23.9 Å². The van der Waals surface area contributed by atoms with Crippen LogP contribution < -0.4 is 0 Å². The molecular formula is C22H19N5O4S. The Bertz CT molecular complexity index is 1400. The van der Waals surface area contributed by atoms with Crippen LogP contribution >= 0.6 is 0 Å². The highest BCUT2D eigenvalue weighted by Gasteiger charge is 2.33. The lowest BCUT2D eigenvalue weighted by molar-refractivity contribution is -0.134. The third-order valence-electron chi connectivity index (χ3n) is 5.54. The lowest BCUT2D eigenvalue weighted by Crippen LogP contribution is -2.33. The fourth-order valence-electron chi connectivity index (χ4n) is 3.85. The molecule has 2 aromatic carbocycles. The number of aromatic nitrogens is 4. The van der Waals surface area contributed by atoms with Crippen LogP contribution in [0.2, 0.25) is 0 Å². The van der Waals surface area contributed by atoms with Crippen molar-refractivity contribution in [1.29, 1.82) is 0 Å². The molecule has 162 valence electrons. The van der Waals surface area contributed by atoms with E-state index in [1.54, 1.807) is 29.3 Å². The predicted molar refractivity (Wildman–Crippen MR) is 115 cm³/mol. The van der Waals surface area contributed by atoms with Crippen molar-refractivity contribution in [2.75, 3.05) is 6.61 Å². The van der Waals surface area contributed by atoms with Gasteiger partial charge in [-0.25, -0.2) is 0 Å². The fourth-order valence-corrected chi connectivity index (χ4v) is 5.04. The summed E-state index contributed by atoms with van der Waals surface area (Å²) in [7, 11) is -3.92. The molecule has 9 nitrogen and oxygen atoms in total. The lowest BCUT2D eigenvalue weighted by atomic mass is 9.98. The molecule has 32 heavy (non-hydrogen) atoms. The summed E-state index contributed by atoms with van der Waals surface area (Å²) in [5.41, 5.74) is 2.98. The average molecular weight is 449 g/mol. The second-order valence-corrected chi connectivity index (χ2v) is 9.32. The van der Waals surface area contributed by atoms with Gasteiger partial charge in [-0.1, -0.05) is 30.3 Å². The van der Waals surface area contributed by atoms with Gasteiger partial charge < -0.3 is 10.0 Å². The van der Waals surface area contributed by atoms with Gasteiger partial charge in [-0.2, -0.15) is 17.6 Å². The van der Waals surface area contributed by atoms with E-state index in [1.807, 2.05) is 18.2 Å². The van der Waals surface area contributed by atoms with Crippen LogP contribution in [0.25, 0.3) is 11.0 Å². The first kappa shape index (κ1) is 20.3. The van der Waals surface area contributed by atoms with E-state index < -0.39 is 15.9 Å². The fraction of sp³-hybridized carbons (Fsp3) is 0.182. The van der Waals surface area contributed by atoms with E-state index in [9.17, 15) is 18.3 Å². The molecular weight excluding hydrogens is 430 g/mol. The second-order valence-electron chi connectivity index (χ2n) is 7.53. The molecule has 0 saturated carbocycles. The number of rotatable bonds is 5. The summed E-state index contributed by atoms with van der Waals surface area (Å²) in [5, 5.41) is 14.0. The van der Waals surface area contributed by atoms with Crippen LogP contribution in [0.15, 0.2) is 72.0 Å². The first-order valence-electron chi connectivity index (χ1n) is 9.96. The molecule has 0 radical (unpaired) electrons. The van der Waals surface area contributed by atoms with Gasteiger partial charge in [-0.3, -0.25) is 14.8 Å². The molecule has 1 amide bonds. The van der Waals surface area contributed by atoms with Crippen molar-refractivity contribution < 1.29 is 18.3 Å². The normalized spacial score (nSPS) is 14.5. The molecule has 0 bridgehead atoms. The van der Waals surface area contributed by atoms with Crippen LogP contribution in [-0.4, -0.2) is 50.1 Å². The number of carbonyl (C=O) groups is 1. The van der Waals surface area contributed by atoms with Crippen LogP contribution in [0.1, 0.15) is 22.7 Å². The van der Waals surface area contributed by atoms with E-state index in [-0.39, 0.29) is 30.5 Å². The lowest BCUT2D eigenvalue weighted by Gasteiger charge is -2.22. The Balaban J connectivity index is 1.38. The minimum Gasteiger partial charge on any atom is -0.395 e. The highest BCUT2D eigenvalue weighted by atomic mass is 32.2. The van der Waals surface area contributed by atoms with Crippen molar-refractivity contribution in [1.82, 2.24) is 24.1 Å². The Morgan fingerprint density at radius 1 is 1.03 bits per heavy atom. The van der Waals surface area contributed by atoms with Crippen molar-refractivity contribution in [3.05, 3.63) is 83.9 Å². The van der Waals surface area contributed by atoms with E-state index in [4.69, 9.17) is 0 Å². The summed E-state index contributed by atoms with van der Waals surface area (Å²) in [6, 6.07) is 13.6. The van der Waals surface area contributed by atoms with Gasteiger partial charge in [0, 0.05) is 30.7 Å². The molecule has 4 aromatic rings. The summed E-state index contributed by atoms with van der Waals surface area (Å²) in [6.07, 6.45) is 4.48. The molecule has 0 spiro atoms. The average Bonchev–Trinajstić information content (AvgIpc) is 3.40. The number of nitrogens with zero attached hydrogens (tertiary/aromatic N) is 5. The first-order chi connectivity index (χ1) is 15.5. The minimum atomic E-state index is -3.92. The quantitative estimate of drug-likeness (QED) is 0.492. The summed E-state index contributed by atoms with van der Waals surface area (Å²) in [6.45, 7) is 0.107. The summed E-state index contributed by atoms with van der Waals surface area (Å²) in [5.74, 6) is -0.894. The van der Waals surface area contributed by atoms with Crippen molar-refractivity contribution >= 4 is 27.0 Å². The number of carbonyl (C=O) groups excluding carboxylic acids is 1. The zero-order valence-corrected chi connectivity index (χ0v) is 17.7. The molecule has 1 aliphatic rings. The molecule has 1 aliphatic heterocycles. The van der Waals surface area contributed by atoms with Gasteiger partial charge in [0.05, 0.1) is 40.7 Å². The van der Waals surface area contributed by atoms with Gasteiger partial charge in [0.2, 0.25) is 5.91 Å². The molecule has 0 fully saturated rings. The highest BCUT2D eigenvalue weighted by Crippen LogP contribution is 2.28. The first-order valence-corrected chi connectivity index (χ1v) is 11.4. The van der Waals surface area contributed by atoms with Gasteiger partial charge >= 0.3 is 0 Å². The van der Waals surface area contributed by atoms with E-state index in [0.29, 0.717) is 22.3 Å². The SMILES string of the molecule is O=C([C@H](CO)c1ccccc1)N1Cc2cn(S(=O)(=O)c3ccc4nccnc4c3)nc2C1. The molecule has 5 rings (SSSR count). The Morgan fingerprint density at radius 3 is 2.50 bits per heavy atom. The Kier molecular flexibility index (Phi) is 4.95. The van der Waals surface area contributed by atoms with Crippen molar-refractivity contribution in [3.63, 3.8) is 0 Å². The number of hydrogen-bond donors (Lipinski definition) is 1. The third kappa shape index (κ3) is 3.43. The predicted octanol–water partition coefficient (Wildman–Crippen LogP) is 1.68. The number of benzene rings is 2. The maximum absolute atomic E-state index is 13.1. The van der Waals surface area contributed by atoms with Gasteiger partial charge in [0.25, 0.3) is 10.0 Å². The molecule has 1 N–H and O–H groups in total. The number of hydrogen-bond acceptors (Lipinski definition) is 7. The van der Waals surface area contributed by atoms with Gasteiger partial charge in [-0.15, -0.1) is 0 Å². The van der Waals surface area contributed by atoms with Gasteiger partial charge in [0.15, 0.2) is 0 Å². The number of aliphatic hydroxyl groups is 1. The molecule has 1 atom stereocenters. The zero-order valence-electron chi connectivity index (χ0n) is 16.9. The largest absolute Gasteiger partial charge is 0.395 e. The molecule has 2 aromatic heterocycles. The number of aliphatic hydroxyl groups excluding tert-OH is 1. The number of fused-ring (bicyclic) bond motifs is 2. The van der Waals surface area contributed by atoms with E-state index in [0.717, 1.165) is 9.65 Å². The van der Waals surface area contributed by atoms with Gasteiger partial charge in [0.1, 0.15) is 0 Å². The molecule has 0 unspecified atom stereocenters. The maximum atomic E-state index is 13.1. The standard InChI is InChI=1S/C22H19N5O4S/c28-14-18(15-4-2-1-3-5-15)22(29)26-11-16-12-27(25-21(16)13-26)32(30,31)17-6-7-19-20(10-17)24-9-8-23-19/h1-10,12,18,28H,11,13-14H2/t18-/m1/s1. The van der Waals surface area contributed by atoms with Crippen molar-refractivity contribution in [2.24, 2.45) is 0 Å². The van der Waals surface area contributed by atoms with Crippen molar-refractivity contribution in [3.8, 4) is 0 Å². The Hall–Kier alpha value is -3.63. The van der Waals surface area contributed by atoms with E-state index >= 15 is 0 Å². The summed E-state index contributed by atoms with van der Waals surface area (Å²) < 4.78 is 27.1. The topological polar surface area (TPSA) is 118 Å². The third-order valence-corrected chi connectivity index (χ3v) is 7.07. The zero-order chi connectivity index (χ0) is 22.3. The smallest absolute Gasteiger partial charge is 0.283 e. The van der Waals surface area contributed by atoms with E-state index in [2.05, 4.69) is 15.1 Å². The number of amides is 1. The highest BCUT2D eigenvalue weighted by molar-refractivity contribution is 7.89. The van der Waals surface area contributed by atoms with E-state index in [1.165, 1.54) is 24.5 Å². The molecule has 0 saturated heterocycles. The summed E-state index contributed by atoms with van der Waals surface area (Å²) in [4.78, 5) is 22.9. The monoisotopic (exact) mass is 449 g/mol. The van der Waals surface area contributed by atoms with Gasteiger partial charge in [-0.05, 0) is 23.8 Å². The van der Waals surface area contributed by atoms with Crippen LogP contribution in [0.3, 0.4) is 0 Å². The second kappa shape index (κ2) is 7.81. The van der Waals surface area contributed by atoms with Crippen LogP contribution in [-0.2, 0) is 27.9 Å². The van der Waals surface area contributed by atoms with Crippen LogP contribution in [0.5, 0.6) is 0 Å². The molecule has 3 heterocycles. The Labute approximate surface area is 184 Å². The molecule has 10 heteroatoms. The van der Waals surface area contributed by atoms with Crippen LogP contribution in [0, 0.1) is 0 Å². The maximum Gasteiger partial charge on any atom is 0.283 e. The Morgan fingerprint density at radius 2 is 1.78 bits per heavy atom.